The van der Waals surface area contributed by atoms with Crippen LogP contribution in [0.25, 0.3) is 0 Å². The normalized spacial score (nSPS) is 17.1. The highest BCUT2D eigenvalue weighted by molar-refractivity contribution is 6.15. The van der Waals surface area contributed by atoms with Crippen molar-refractivity contribution in [3.05, 3.63) is 0 Å². The minimum Gasteiger partial charge on any atom is -0.393 e. The van der Waals surface area contributed by atoms with Gasteiger partial charge in [0.25, 0.3) is 0 Å². The molecule has 0 aromatic carbocycles. The minimum atomic E-state index is -0.370. The van der Waals surface area contributed by atoms with E-state index in [1.165, 1.54) is 57.8 Å². The third-order valence-electron chi connectivity index (χ3n) is 5.10. The van der Waals surface area contributed by atoms with E-state index in [0.717, 1.165) is 25.7 Å². The van der Waals surface area contributed by atoms with E-state index < -0.39 is 0 Å². The molecule has 2 heteroatoms. The molecule has 0 rings (SSSR count). The van der Waals surface area contributed by atoms with Gasteiger partial charge < -0.3 is 5.11 Å². The summed E-state index contributed by atoms with van der Waals surface area (Å²) >= 11 is 0. The first-order valence-corrected chi connectivity index (χ1v) is 9.98. The predicted octanol–water partition coefficient (Wildman–Crippen LogP) is 6.44. The van der Waals surface area contributed by atoms with Crippen molar-refractivity contribution in [1.82, 2.24) is 0 Å². The van der Waals surface area contributed by atoms with Crippen molar-refractivity contribution in [1.29, 1.82) is 0 Å². The molecule has 0 aliphatic carbocycles. The van der Waals surface area contributed by atoms with Crippen LogP contribution >= 0.6 is 0 Å². The molecule has 0 saturated carbocycles. The van der Waals surface area contributed by atoms with Gasteiger partial charge in [-0.3, -0.25) is 0 Å². The van der Waals surface area contributed by atoms with Crippen LogP contribution in [0.15, 0.2) is 0 Å². The van der Waals surface area contributed by atoms with Gasteiger partial charge in [0.15, 0.2) is 0 Å². The van der Waals surface area contributed by atoms with Gasteiger partial charge in [-0.25, -0.2) is 0 Å². The third kappa shape index (κ3) is 9.23. The molecule has 0 heterocycles. The molecule has 130 valence electrons. The number of hydrogen-bond donors (Lipinski definition) is 1. The maximum atomic E-state index is 10.8. The largest absolute Gasteiger partial charge is 0.393 e. The van der Waals surface area contributed by atoms with E-state index in [0.29, 0.717) is 5.92 Å². The van der Waals surface area contributed by atoms with Gasteiger partial charge >= 0.3 is 0 Å². The Hall–Kier alpha value is 0.0249. The van der Waals surface area contributed by atoms with E-state index in [-0.39, 0.29) is 11.4 Å². The zero-order chi connectivity index (χ0) is 16.8. The quantitative estimate of drug-likeness (QED) is 0.272. The number of aliphatic hydroxyl groups excluding tert-OH is 1. The molecular weight excluding hydrogens is 267 g/mol. The van der Waals surface area contributed by atoms with E-state index in [1.807, 2.05) is 0 Å². The van der Waals surface area contributed by atoms with E-state index in [1.54, 1.807) is 0 Å². The van der Waals surface area contributed by atoms with Gasteiger partial charge in [-0.05, 0) is 17.7 Å². The molecule has 0 aliphatic rings. The van der Waals surface area contributed by atoms with Crippen molar-refractivity contribution >= 4 is 7.85 Å². The minimum absolute atomic E-state index is 0.322. The summed E-state index contributed by atoms with van der Waals surface area (Å²) in [6.07, 6.45) is 15.2. The average Bonchev–Trinajstić information content (AvgIpc) is 2.50. The van der Waals surface area contributed by atoms with Crippen LogP contribution in [0.5, 0.6) is 0 Å². The SMILES string of the molecule is [B]C(CCC)(CCCCCCCC)C(O)C(C)CCCCC. The van der Waals surface area contributed by atoms with Crippen molar-refractivity contribution in [2.45, 2.75) is 123 Å². The summed E-state index contributed by atoms with van der Waals surface area (Å²) in [5.74, 6) is 0.322. The Labute approximate surface area is 142 Å². The highest BCUT2D eigenvalue weighted by Crippen LogP contribution is 2.42. The zero-order valence-electron chi connectivity index (χ0n) is 15.9. The van der Waals surface area contributed by atoms with Gasteiger partial charge in [0.1, 0.15) is 0 Å². The Morgan fingerprint density at radius 3 is 1.91 bits per heavy atom. The molecule has 0 amide bonds. The van der Waals surface area contributed by atoms with E-state index >= 15 is 0 Å². The van der Waals surface area contributed by atoms with Crippen LogP contribution in [-0.2, 0) is 0 Å². The van der Waals surface area contributed by atoms with Crippen LogP contribution in [0.4, 0.5) is 0 Å². The van der Waals surface area contributed by atoms with Gasteiger partial charge in [-0.2, -0.15) is 0 Å². The molecule has 0 saturated heterocycles. The fourth-order valence-corrected chi connectivity index (χ4v) is 3.56. The van der Waals surface area contributed by atoms with Crippen LogP contribution < -0.4 is 0 Å². The molecule has 0 bridgehead atoms. The van der Waals surface area contributed by atoms with Gasteiger partial charge in [-0.1, -0.05) is 105 Å². The summed E-state index contributed by atoms with van der Waals surface area (Å²) in [4.78, 5) is 0. The molecule has 3 atom stereocenters. The Kier molecular flexibility index (Phi) is 13.5. The van der Waals surface area contributed by atoms with Gasteiger partial charge in [-0.15, -0.1) is 0 Å². The fourth-order valence-electron chi connectivity index (χ4n) is 3.56. The van der Waals surface area contributed by atoms with E-state index in [4.69, 9.17) is 7.85 Å². The first-order valence-electron chi connectivity index (χ1n) is 9.98. The molecule has 3 unspecified atom stereocenters. The van der Waals surface area contributed by atoms with Gasteiger partial charge in [0, 0.05) is 0 Å². The van der Waals surface area contributed by atoms with Gasteiger partial charge in [0.05, 0.1) is 14.0 Å². The van der Waals surface area contributed by atoms with E-state index in [2.05, 4.69) is 27.7 Å². The average molecular weight is 308 g/mol. The second kappa shape index (κ2) is 13.5. The lowest BCUT2D eigenvalue weighted by molar-refractivity contribution is 0.0533. The zero-order valence-corrected chi connectivity index (χ0v) is 15.9. The maximum absolute atomic E-state index is 10.8. The fraction of sp³-hybridized carbons (Fsp3) is 1.00. The van der Waals surface area contributed by atoms with Gasteiger partial charge in [0.2, 0.25) is 0 Å². The molecule has 1 N–H and O–H groups in total. The summed E-state index contributed by atoms with van der Waals surface area (Å²) in [6, 6.07) is 0. The van der Waals surface area contributed by atoms with Crippen LogP contribution in [-0.4, -0.2) is 19.1 Å². The number of rotatable bonds is 15. The van der Waals surface area contributed by atoms with E-state index in [9.17, 15) is 5.11 Å². The van der Waals surface area contributed by atoms with Crippen molar-refractivity contribution in [2.75, 3.05) is 0 Å². The second-order valence-electron chi connectivity index (χ2n) is 7.42. The van der Waals surface area contributed by atoms with Crippen molar-refractivity contribution in [3.63, 3.8) is 0 Å². The first kappa shape index (κ1) is 22.0. The topological polar surface area (TPSA) is 20.2 Å². The number of unbranched alkanes of at least 4 members (excludes halogenated alkanes) is 7. The lowest BCUT2D eigenvalue weighted by atomic mass is 9.57. The molecule has 0 fully saturated rings. The summed E-state index contributed by atoms with van der Waals surface area (Å²) in [5, 5.41) is 10.4. The van der Waals surface area contributed by atoms with Crippen LogP contribution in [0.2, 0.25) is 5.31 Å². The van der Waals surface area contributed by atoms with Crippen molar-refractivity contribution < 1.29 is 5.11 Å². The second-order valence-corrected chi connectivity index (χ2v) is 7.42. The predicted molar refractivity (Wildman–Crippen MR) is 101 cm³/mol. The summed E-state index contributed by atoms with van der Waals surface area (Å²) in [6.45, 7) is 8.84. The first-order chi connectivity index (χ1) is 10.5. The molecule has 0 aromatic rings. The standard InChI is InChI=1S/C20H41BO/c1-5-8-10-11-12-14-17-20(21,16-7-3)19(22)18(4)15-13-9-6-2/h18-19,22H,5-17H2,1-4H3. The monoisotopic (exact) mass is 308 g/mol. The number of hydrogen-bond acceptors (Lipinski definition) is 1. The molecule has 1 nitrogen and oxygen atoms in total. The van der Waals surface area contributed by atoms with Crippen LogP contribution in [0.3, 0.4) is 0 Å². The summed E-state index contributed by atoms with van der Waals surface area (Å²) < 4.78 is 0. The Balaban J connectivity index is 4.26. The van der Waals surface area contributed by atoms with Crippen molar-refractivity contribution in [2.24, 2.45) is 5.92 Å². The lowest BCUT2D eigenvalue weighted by Gasteiger charge is -2.39. The third-order valence-corrected chi connectivity index (χ3v) is 5.10. The smallest absolute Gasteiger partial charge is 0.0781 e. The Bertz CT molecular complexity index is 244. The molecule has 22 heavy (non-hydrogen) atoms. The van der Waals surface area contributed by atoms with Crippen LogP contribution in [0, 0.1) is 5.92 Å². The molecule has 2 radical (unpaired) electrons. The van der Waals surface area contributed by atoms with Crippen LogP contribution in [0.1, 0.15) is 111 Å². The highest BCUT2D eigenvalue weighted by Gasteiger charge is 2.34. The van der Waals surface area contributed by atoms with Crippen molar-refractivity contribution in [3.8, 4) is 0 Å². The molecular formula is C20H41BO. The molecule has 0 spiro atoms. The molecule has 0 aliphatic heterocycles. The Morgan fingerprint density at radius 2 is 1.32 bits per heavy atom. The number of aliphatic hydroxyl groups is 1. The highest BCUT2D eigenvalue weighted by atomic mass is 16.3. The Morgan fingerprint density at radius 1 is 0.773 bits per heavy atom. The summed E-state index contributed by atoms with van der Waals surface area (Å²) in [7, 11) is 6.65. The maximum Gasteiger partial charge on any atom is 0.0781 e. The molecule has 0 aromatic heterocycles. The summed E-state index contributed by atoms with van der Waals surface area (Å²) in [5.41, 5.74) is 0. The lowest BCUT2D eigenvalue weighted by Crippen LogP contribution is -2.34.